The summed E-state index contributed by atoms with van der Waals surface area (Å²) in [5, 5.41) is -0.494. The molecule has 4 heterocycles. The Kier molecular flexibility index (Phi) is 7.65. The fourth-order valence-electron chi connectivity index (χ4n) is 5.43. The highest BCUT2D eigenvalue weighted by Crippen LogP contribution is 2.49. The van der Waals surface area contributed by atoms with E-state index in [0.717, 1.165) is 0 Å². The van der Waals surface area contributed by atoms with Crippen LogP contribution < -0.4 is 5.73 Å². The zero-order chi connectivity index (χ0) is 25.9. The maximum absolute atomic E-state index is 7.24. The number of ether oxygens (including phenoxy) is 1. The Labute approximate surface area is 219 Å². The van der Waals surface area contributed by atoms with Crippen LogP contribution >= 0.6 is 23.2 Å². The quantitative estimate of drug-likeness (QED) is 0.288. The number of nitrogens with two attached hydrogens (primary N) is 1. The van der Waals surface area contributed by atoms with Gasteiger partial charge < -0.3 is 23.4 Å². The van der Waals surface area contributed by atoms with Crippen molar-refractivity contribution in [2.75, 3.05) is 12.3 Å². The fraction of sp³-hybridized carbons (Fsp3) is 0.773. The van der Waals surface area contributed by atoms with Gasteiger partial charge in [0, 0.05) is 0 Å². The monoisotopic (exact) mass is 561 g/mol. The molecule has 2 N–H and O–H groups in total. The van der Waals surface area contributed by atoms with Gasteiger partial charge in [0.05, 0.1) is 19.0 Å². The summed E-state index contributed by atoms with van der Waals surface area (Å²) >= 11 is 13.2. The molecular weight excluding hydrogens is 525 g/mol. The second kappa shape index (κ2) is 9.82. The first kappa shape index (κ1) is 27.2. The maximum atomic E-state index is 7.24. The topological polar surface area (TPSA) is 107 Å². The summed E-state index contributed by atoms with van der Waals surface area (Å²) in [5.74, 6) is 0.206. The number of fused-ring (bicyclic) bond motifs is 2. The number of rotatable bonds is 5. The average Bonchev–Trinajstić information content (AvgIpc) is 3.28. The van der Waals surface area contributed by atoms with E-state index in [1.807, 2.05) is 0 Å². The molecule has 2 aliphatic rings. The summed E-state index contributed by atoms with van der Waals surface area (Å²) < 4.78 is 29.4. The van der Waals surface area contributed by atoms with Gasteiger partial charge in [-0.1, -0.05) is 55.4 Å². The summed E-state index contributed by atoms with van der Waals surface area (Å²) in [6, 6.07) is 0. The van der Waals surface area contributed by atoms with Crippen molar-refractivity contribution in [3.05, 3.63) is 11.6 Å². The third-order valence-electron chi connectivity index (χ3n) is 7.29. The molecule has 2 saturated heterocycles. The van der Waals surface area contributed by atoms with E-state index in [4.69, 9.17) is 46.6 Å². The number of anilines is 1. The van der Waals surface area contributed by atoms with Crippen LogP contribution in [0.3, 0.4) is 0 Å². The molecule has 0 saturated carbocycles. The number of halogens is 2. The van der Waals surface area contributed by atoms with Gasteiger partial charge in [-0.25, -0.2) is 4.98 Å². The molecule has 0 radical (unpaired) electrons. The van der Waals surface area contributed by atoms with Gasteiger partial charge in [0.1, 0.15) is 17.0 Å². The molecule has 4 atom stereocenters. The fourth-order valence-corrected chi connectivity index (χ4v) is 17.3. The van der Waals surface area contributed by atoms with Gasteiger partial charge in [-0.3, -0.25) is 4.57 Å². The lowest BCUT2D eigenvalue weighted by Gasteiger charge is -2.51. The van der Waals surface area contributed by atoms with Crippen molar-refractivity contribution in [1.82, 2.24) is 19.5 Å². The van der Waals surface area contributed by atoms with Crippen molar-refractivity contribution >= 4 is 57.3 Å². The summed E-state index contributed by atoms with van der Waals surface area (Å²) in [6.45, 7) is 17.9. The Morgan fingerprint density at radius 1 is 1.00 bits per heavy atom. The molecule has 0 unspecified atom stereocenters. The molecule has 4 rings (SSSR count). The normalized spacial score (nSPS) is 28.7. The Hall–Kier alpha value is -0.796. The molecule has 0 aliphatic carbocycles. The minimum absolute atomic E-state index is 0.0376. The van der Waals surface area contributed by atoms with Gasteiger partial charge in [0.25, 0.3) is 0 Å². The number of nitrogens with zero attached hydrogens (tertiary/aromatic N) is 4. The Morgan fingerprint density at radius 2 is 1.60 bits per heavy atom. The van der Waals surface area contributed by atoms with Gasteiger partial charge in [-0.15, -0.1) is 11.6 Å². The zero-order valence-electron chi connectivity index (χ0n) is 21.7. The predicted molar refractivity (Wildman–Crippen MR) is 142 cm³/mol. The van der Waals surface area contributed by atoms with E-state index in [1.54, 1.807) is 10.9 Å². The largest absolute Gasteiger partial charge is 0.414 e. The van der Waals surface area contributed by atoms with Gasteiger partial charge in [0.2, 0.25) is 5.28 Å². The highest BCUT2D eigenvalue weighted by atomic mass is 35.5. The van der Waals surface area contributed by atoms with Crippen molar-refractivity contribution in [1.29, 1.82) is 0 Å². The summed E-state index contributed by atoms with van der Waals surface area (Å²) in [4.78, 5) is 12.7. The molecule has 2 aromatic rings. The van der Waals surface area contributed by atoms with Crippen LogP contribution in [0.5, 0.6) is 0 Å². The molecular formula is C22H37Cl2N5O4Si2. The van der Waals surface area contributed by atoms with E-state index in [1.165, 1.54) is 0 Å². The molecule has 13 heteroatoms. The molecule has 0 bridgehead atoms. The van der Waals surface area contributed by atoms with Gasteiger partial charge in [0.15, 0.2) is 17.7 Å². The van der Waals surface area contributed by atoms with E-state index < -0.39 is 34.8 Å². The lowest BCUT2D eigenvalue weighted by atomic mass is 10.2. The molecule has 0 spiro atoms. The van der Waals surface area contributed by atoms with Crippen LogP contribution in [0.1, 0.15) is 61.6 Å². The highest BCUT2D eigenvalue weighted by molar-refractivity contribution is 6.84. The first-order valence-electron chi connectivity index (χ1n) is 12.3. The van der Waals surface area contributed by atoms with Crippen LogP contribution in [0.2, 0.25) is 27.4 Å². The lowest BCUT2D eigenvalue weighted by Crippen LogP contribution is -2.65. The first-order valence-corrected chi connectivity index (χ1v) is 17.1. The van der Waals surface area contributed by atoms with Crippen molar-refractivity contribution in [3.8, 4) is 0 Å². The number of aromatic nitrogens is 4. The molecule has 35 heavy (non-hydrogen) atoms. The smallest absolute Gasteiger partial charge is 0.335 e. The van der Waals surface area contributed by atoms with Crippen LogP contribution in [-0.2, 0) is 17.7 Å². The summed E-state index contributed by atoms with van der Waals surface area (Å²) in [7, 11) is -5.48. The number of alkyl halides is 1. The van der Waals surface area contributed by atoms with Crippen LogP contribution in [0.15, 0.2) is 6.33 Å². The number of nitrogen functional groups attached to an aromatic ring is 1. The number of hydrogen-bond acceptors (Lipinski definition) is 8. The average molecular weight is 563 g/mol. The molecule has 2 aliphatic heterocycles. The summed E-state index contributed by atoms with van der Waals surface area (Å²) in [5.41, 5.74) is 7.81. The van der Waals surface area contributed by atoms with Crippen molar-refractivity contribution in [3.63, 3.8) is 0 Å². The Morgan fingerprint density at radius 3 is 2.17 bits per heavy atom. The lowest BCUT2D eigenvalue weighted by molar-refractivity contribution is -0.0544. The predicted octanol–water partition coefficient (Wildman–Crippen LogP) is 5.52. The van der Waals surface area contributed by atoms with Gasteiger partial charge in [-0.05, 0) is 33.8 Å². The van der Waals surface area contributed by atoms with Crippen LogP contribution in [-0.4, -0.2) is 60.8 Å². The van der Waals surface area contributed by atoms with E-state index in [0.29, 0.717) is 17.8 Å². The van der Waals surface area contributed by atoms with Crippen molar-refractivity contribution < 1.29 is 17.7 Å². The molecule has 0 amide bonds. The SMILES string of the molecule is CC(C)[Si]1(C(C)C)OC[C@H]2O[C@@H](n3cnc4c(N)nc(Cl)nc43)[C@@H](Cl)[C@@H]2O[Si](C(C)C)(C(C)C)O1. The number of imidazole rings is 1. The maximum Gasteiger partial charge on any atom is 0.335 e. The van der Waals surface area contributed by atoms with E-state index >= 15 is 0 Å². The second-order valence-corrected chi connectivity index (χ2v) is 20.5. The highest BCUT2D eigenvalue weighted by Gasteiger charge is 2.61. The van der Waals surface area contributed by atoms with Crippen molar-refractivity contribution in [2.24, 2.45) is 0 Å². The van der Waals surface area contributed by atoms with E-state index in [9.17, 15) is 0 Å². The third kappa shape index (κ3) is 4.45. The number of hydrogen-bond donors (Lipinski definition) is 1. The minimum atomic E-state index is -2.81. The van der Waals surface area contributed by atoms with Crippen LogP contribution in [0.4, 0.5) is 5.82 Å². The Bertz CT molecular complexity index is 1050. The molecule has 0 aromatic carbocycles. The van der Waals surface area contributed by atoms with Gasteiger partial charge >= 0.3 is 17.1 Å². The van der Waals surface area contributed by atoms with E-state index in [-0.39, 0.29) is 39.4 Å². The Balaban J connectivity index is 1.78. The molecule has 2 aromatic heterocycles. The minimum Gasteiger partial charge on any atom is -0.414 e. The molecule has 2 fully saturated rings. The summed E-state index contributed by atoms with van der Waals surface area (Å²) in [6.07, 6.45) is 0.229. The molecule has 196 valence electrons. The standard InChI is InChI=1S/C22H37Cl2N5O4Si2/c1-11(2)34(12(3)4)30-9-15-18(32-35(33-34,13(5)6)14(7)8)16(23)21(31-15)29-10-26-17-19(25)27-22(24)28-20(17)29/h10-16,18,21H,9H2,1-8H3,(H2,25,27,28)/t15-,16+,18-,21-/m1/s1. The van der Waals surface area contributed by atoms with Crippen LogP contribution in [0, 0.1) is 0 Å². The van der Waals surface area contributed by atoms with Gasteiger partial charge in [-0.2, -0.15) is 9.97 Å². The first-order chi connectivity index (χ1) is 16.3. The third-order valence-corrected chi connectivity index (χ3v) is 18.2. The zero-order valence-corrected chi connectivity index (χ0v) is 25.2. The van der Waals surface area contributed by atoms with Crippen molar-refractivity contribution in [2.45, 2.75) is 101 Å². The second-order valence-electron chi connectivity index (χ2n) is 10.8. The van der Waals surface area contributed by atoms with E-state index in [2.05, 4.69) is 70.3 Å². The van der Waals surface area contributed by atoms with Crippen LogP contribution in [0.25, 0.3) is 11.2 Å². The molecule has 9 nitrogen and oxygen atoms in total.